The largest absolute Gasteiger partial charge is 0.465 e. The lowest BCUT2D eigenvalue weighted by Gasteiger charge is -2.40. The van der Waals surface area contributed by atoms with E-state index in [-0.39, 0.29) is 23.7 Å². The number of carbonyl (C=O) groups is 3. The number of carbonyl (C=O) groups excluding carboxylic acids is 3. The van der Waals surface area contributed by atoms with Crippen molar-refractivity contribution in [2.45, 2.75) is 25.8 Å². The summed E-state index contributed by atoms with van der Waals surface area (Å²) in [4.78, 5) is 46.2. The van der Waals surface area contributed by atoms with Crippen molar-refractivity contribution in [1.29, 1.82) is 0 Å². The third kappa shape index (κ3) is 4.70. The summed E-state index contributed by atoms with van der Waals surface area (Å²) in [5.74, 6) is -0.352. The van der Waals surface area contributed by atoms with Crippen LogP contribution in [0.1, 0.15) is 51.0 Å². The van der Waals surface area contributed by atoms with Crippen LogP contribution in [-0.2, 0) is 4.74 Å². The van der Waals surface area contributed by atoms with Gasteiger partial charge in [-0.05, 0) is 50.1 Å². The number of aromatic nitrogens is 1. The number of anilines is 1. The van der Waals surface area contributed by atoms with E-state index in [9.17, 15) is 14.4 Å². The maximum Gasteiger partial charge on any atom is 0.337 e. The maximum atomic E-state index is 12.9. The van der Waals surface area contributed by atoms with Crippen LogP contribution < -0.4 is 4.90 Å². The molecule has 0 radical (unpaired) electrons. The van der Waals surface area contributed by atoms with E-state index in [0.717, 1.165) is 51.3 Å². The highest BCUT2D eigenvalue weighted by molar-refractivity contribution is 6.01. The third-order valence-corrected chi connectivity index (χ3v) is 6.39. The number of amides is 1. The Morgan fingerprint density at radius 1 is 1.03 bits per heavy atom. The van der Waals surface area contributed by atoms with E-state index in [1.807, 2.05) is 17.0 Å². The normalized spacial score (nSPS) is 19.2. The molecule has 0 aliphatic carbocycles. The van der Waals surface area contributed by atoms with Gasteiger partial charge < -0.3 is 19.5 Å². The summed E-state index contributed by atoms with van der Waals surface area (Å²) < 4.78 is 4.75. The van der Waals surface area contributed by atoms with Crippen molar-refractivity contribution in [3.63, 3.8) is 0 Å². The number of Topliss-reactive ketones (excluding diaryl/α,β-unsaturated/α-hetero) is 1. The number of ether oxygens (including phenoxy) is 1. The van der Waals surface area contributed by atoms with Crippen molar-refractivity contribution >= 4 is 23.3 Å². The van der Waals surface area contributed by atoms with Crippen LogP contribution in [0.4, 0.5) is 5.69 Å². The van der Waals surface area contributed by atoms with E-state index in [1.165, 1.54) is 7.11 Å². The second-order valence-corrected chi connectivity index (χ2v) is 8.53. The molecule has 170 valence electrons. The van der Waals surface area contributed by atoms with E-state index >= 15 is 0 Å². The van der Waals surface area contributed by atoms with Crippen molar-refractivity contribution in [1.82, 2.24) is 14.8 Å². The second-order valence-electron chi connectivity index (χ2n) is 8.53. The van der Waals surface area contributed by atoms with Crippen LogP contribution in [0.2, 0.25) is 0 Å². The Balaban J connectivity index is 1.33. The summed E-state index contributed by atoms with van der Waals surface area (Å²) in [5, 5.41) is 0. The van der Waals surface area contributed by atoms with Gasteiger partial charge in [-0.15, -0.1) is 0 Å². The summed E-state index contributed by atoms with van der Waals surface area (Å²) in [6, 6.07) is 9.28. The lowest BCUT2D eigenvalue weighted by molar-refractivity contribution is 0.0600. The Labute approximate surface area is 188 Å². The second kappa shape index (κ2) is 9.56. The van der Waals surface area contributed by atoms with Gasteiger partial charge in [0, 0.05) is 56.2 Å². The van der Waals surface area contributed by atoms with Crippen LogP contribution in [-0.4, -0.2) is 84.9 Å². The fraction of sp³-hybridized carbons (Fsp3) is 0.458. The summed E-state index contributed by atoms with van der Waals surface area (Å²) in [6.07, 6.45) is 3.73. The minimum atomic E-state index is -0.344. The Bertz CT molecular complexity index is 978. The first kappa shape index (κ1) is 22.1. The molecule has 0 bridgehead atoms. The fourth-order valence-corrected chi connectivity index (χ4v) is 4.44. The number of nitrogens with one attached hydrogen (secondary N) is 1. The molecular formula is C24H30N4O4. The molecule has 1 atom stereocenters. The molecule has 0 saturated carbocycles. The van der Waals surface area contributed by atoms with Crippen molar-refractivity contribution in [3.8, 4) is 0 Å². The van der Waals surface area contributed by atoms with E-state index in [1.54, 1.807) is 24.4 Å². The van der Waals surface area contributed by atoms with Gasteiger partial charge in [0.2, 0.25) is 0 Å². The number of esters is 1. The highest BCUT2D eigenvalue weighted by atomic mass is 16.5. The van der Waals surface area contributed by atoms with E-state index < -0.39 is 0 Å². The quantitative estimate of drug-likeness (QED) is 0.551. The average molecular weight is 439 g/mol. The average Bonchev–Trinajstić information content (AvgIpc) is 3.52. The van der Waals surface area contributed by atoms with Gasteiger partial charge >= 0.3 is 5.97 Å². The van der Waals surface area contributed by atoms with Crippen LogP contribution in [0.25, 0.3) is 0 Å². The predicted octanol–water partition coefficient (Wildman–Crippen LogP) is 2.43. The molecule has 2 aliphatic rings. The van der Waals surface area contributed by atoms with Crippen LogP contribution in [0.3, 0.4) is 0 Å². The van der Waals surface area contributed by atoms with Crippen LogP contribution in [0.5, 0.6) is 0 Å². The first-order valence-electron chi connectivity index (χ1n) is 11.1. The molecule has 32 heavy (non-hydrogen) atoms. The highest BCUT2D eigenvalue weighted by Crippen LogP contribution is 2.21. The molecule has 3 heterocycles. The van der Waals surface area contributed by atoms with Crippen molar-refractivity contribution in [2.24, 2.45) is 0 Å². The first-order chi connectivity index (χ1) is 15.5. The summed E-state index contributed by atoms with van der Waals surface area (Å²) in [6.45, 7) is 6.35. The topological polar surface area (TPSA) is 86.0 Å². The molecule has 2 aliphatic heterocycles. The van der Waals surface area contributed by atoms with Crippen molar-refractivity contribution < 1.29 is 19.1 Å². The SMILES string of the molecule is COC(=O)c1ccc(N2CCN(CC(=O)c3c[nH]c(C(=O)N4CCCC4)c3)C(C)C2)cc1. The van der Waals surface area contributed by atoms with Crippen molar-refractivity contribution in [3.05, 3.63) is 53.3 Å². The van der Waals surface area contributed by atoms with Crippen LogP contribution in [0, 0.1) is 0 Å². The Morgan fingerprint density at radius 2 is 1.75 bits per heavy atom. The fourth-order valence-electron chi connectivity index (χ4n) is 4.44. The van der Waals surface area contributed by atoms with Crippen molar-refractivity contribution in [2.75, 3.05) is 51.3 Å². The third-order valence-electron chi connectivity index (χ3n) is 6.39. The summed E-state index contributed by atoms with van der Waals surface area (Å²) in [5.41, 5.74) is 2.62. The van der Waals surface area contributed by atoms with E-state index in [4.69, 9.17) is 4.74 Å². The number of rotatable bonds is 6. The molecule has 1 amide bonds. The highest BCUT2D eigenvalue weighted by Gasteiger charge is 2.27. The molecule has 8 heteroatoms. The van der Waals surface area contributed by atoms with Crippen LogP contribution >= 0.6 is 0 Å². The molecule has 1 N–H and O–H groups in total. The number of nitrogens with zero attached hydrogens (tertiary/aromatic N) is 3. The molecule has 1 aromatic heterocycles. The Morgan fingerprint density at radius 3 is 2.41 bits per heavy atom. The van der Waals surface area contributed by atoms with Gasteiger partial charge in [-0.2, -0.15) is 0 Å². The van der Waals surface area contributed by atoms with E-state index in [0.29, 0.717) is 23.4 Å². The zero-order valence-corrected chi connectivity index (χ0v) is 18.7. The van der Waals surface area contributed by atoms with Gasteiger partial charge in [-0.25, -0.2) is 4.79 Å². The summed E-state index contributed by atoms with van der Waals surface area (Å²) >= 11 is 0. The molecule has 2 aromatic rings. The number of hydrogen-bond acceptors (Lipinski definition) is 6. The number of hydrogen-bond donors (Lipinski definition) is 1. The molecule has 1 aromatic carbocycles. The number of likely N-dealkylation sites (tertiary alicyclic amines) is 1. The zero-order chi connectivity index (χ0) is 22.7. The van der Waals surface area contributed by atoms with Gasteiger partial charge in [0.05, 0.1) is 19.2 Å². The van der Waals surface area contributed by atoms with Gasteiger partial charge in [-0.3, -0.25) is 14.5 Å². The number of H-pyrrole nitrogens is 1. The number of methoxy groups -OCH3 is 1. The lowest BCUT2D eigenvalue weighted by Crippen LogP contribution is -2.53. The van der Waals surface area contributed by atoms with Crippen LogP contribution in [0.15, 0.2) is 36.5 Å². The first-order valence-corrected chi connectivity index (χ1v) is 11.1. The number of aromatic amines is 1. The number of benzene rings is 1. The zero-order valence-electron chi connectivity index (χ0n) is 18.7. The Kier molecular flexibility index (Phi) is 6.60. The molecule has 4 rings (SSSR count). The molecule has 1 unspecified atom stereocenters. The van der Waals surface area contributed by atoms with Gasteiger partial charge in [0.1, 0.15) is 5.69 Å². The maximum absolute atomic E-state index is 12.9. The lowest BCUT2D eigenvalue weighted by atomic mass is 10.1. The predicted molar refractivity (Wildman–Crippen MR) is 121 cm³/mol. The van der Waals surface area contributed by atoms with E-state index in [2.05, 4.69) is 21.7 Å². The number of piperazine rings is 1. The van der Waals surface area contributed by atoms with Gasteiger partial charge in [0.25, 0.3) is 5.91 Å². The standard InChI is InChI=1S/C24H30N4O4/c1-17-15-28(20-7-5-18(6-8-20)24(31)32-2)12-11-27(17)16-22(29)19-13-21(25-14-19)23(30)26-9-3-4-10-26/h5-8,13-14,17,25H,3-4,9-12,15-16H2,1-2H3. The molecule has 2 fully saturated rings. The van der Waals surface area contributed by atoms with Gasteiger partial charge in [0.15, 0.2) is 5.78 Å². The summed E-state index contributed by atoms with van der Waals surface area (Å²) in [7, 11) is 1.37. The number of ketones is 1. The Hall–Kier alpha value is -3.13. The minimum Gasteiger partial charge on any atom is -0.465 e. The minimum absolute atomic E-state index is 0.0180. The molecule has 8 nitrogen and oxygen atoms in total. The smallest absolute Gasteiger partial charge is 0.337 e. The molecular weight excluding hydrogens is 408 g/mol. The monoisotopic (exact) mass is 438 g/mol. The van der Waals surface area contributed by atoms with Gasteiger partial charge in [-0.1, -0.05) is 0 Å². The molecule has 2 saturated heterocycles. The molecule has 0 spiro atoms.